The highest BCUT2D eigenvalue weighted by molar-refractivity contribution is 7.18. The molecule has 0 bridgehead atoms. The number of pyridine rings is 1. The number of methoxy groups -OCH3 is 1. The minimum absolute atomic E-state index is 0.136. The van der Waals surface area contributed by atoms with Crippen LogP contribution < -0.4 is 5.32 Å². The van der Waals surface area contributed by atoms with Gasteiger partial charge in [-0.2, -0.15) is 0 Å². The first kappa shape index (κ1) is 13.8. The first-order valence-electron chi connectivity index (χ1n) is 6.04. The maximum atomic E-state index is 11.5. The molecule has 0 spiro atoms. The number of esters is 1. The number of hydrogen-bond acceptors (Lipinski definition) is 6. The van der Waals surface area contributed by atoms with Gasteiger partial charge in [0, 0.05) is 17.3 Å². The Hall–Kier alpha value is -2.18. The van der Waals surface area contributed by atoms with E-state index in [9.17, 15) is 4.79 Å². The molecule has 106 valence electrons. The van der Waals surface area contributed by atoms with E-state index in [4.69, 9.17) is 11.6 Å². The van der Waals surface area contributed by atoms with E-state index < -0.39 is 5.97 Å². The minimum atomic E-state index is -0.492. The van der Waals surface area contributed by atoms with Crippen LogP contribution in [-0.4, -0.2) is 23.0 Å². The van der Waals surface area contributed by atoms with E-state index in [1.165, 1.54) is 7.11 Å². The van der Waals surface area contributed by atoms with Crippen LogP contribution in [0.3, 0.4) is 0 Å². The number of nitrogens with one attached hydrogen (secondary N) is 1. The maximum Gasteiger partial charge on any atom is 0.351 e. The summed E-state index contributed by atoms with van der Waals surface area (Å²) < 4.78 is 4.65. The van der Waals surface area contributed by atoms with Gasteiger partial charge in [-0.15, -0.1) is 0 Å². The SMILES string of the molecule is COC(=O)c1sc(Nc2ccc3ncccc3c2)nc1Cl. The number of fused-ring (bicyclic) bond motifs is 1. The summed E-state index contributed by atoms with van der Waals surface area (Å²) in [6.45, 7) is 0. The summed E-state index contributed by atoms with van der Waals surface area (Å²) in [5.74, 6) is -0.492. The molecule has 0 saturated carbocycles. The summed E-state index contributed by atoms with van der Waals surface area (Å²) in [6.07, 6.45) is 1.75. The van der Waals surface area contributed by atoms with Crippen LogP contribution in [0.2, 0.25) is 5.15 Å². The number of hydrogen-bond donors (Lipinski definition) is 1. The van der Waals surface area contributed by atoms with Gasteiger partial charge in [-0.25, -0.2) is 9.78 Å². The lowest BCUT2D eigenvalue weighted by Gasteiger charge is -2.03. The summed E-state index contributed by atoms with van der Waals surface area (Å²) in [6, 6.07) is 9.61. The van der Waals surface area contributed by atoms with Crippen LogP contribution in [-0.2, 0) is 4.74 Å². The lowest BCUT2D eigenvalue weighted by Crippen LogP contribution is -1.98. The smallest absolute Gasteiger partial charge is 0.351 e. The fraction of sp³-hybridized carbons (Fsp3) is 0.0714. The Morgan fingerprint density at radius 3 is 3.05 bits per heavy atom. The molecule has 0 aliphatic heterocycles. The Balaban J connectivity index is 1.89. The van der Waals surface area contributed by atoms with Crippen LogP contribution in [0.15, 0.2) is 36.5 Å². The molecule has 0 amide bonds. The van der Waals surface area contributed by atoms with Crippen molar-refractivity contribution in [1.29, 1.82) is 0 Å². The topological polar surface area (TPSA) is 64.1 Å². The Labute approximate surface area is 129 Å². The van der Waals surface area contributed by atoms with Crippen LogP contribution in [0, 0.1) is 0 Å². The van der Waals surface area contributed by atoms with E-state index in [0.29, 0.717) is 5.13 Å². The molecule has 0 unspecified atom stereocenters. The second-order valence-electron chi connectivity index (χ2n) is 4.17. The number of nitrogens with zero attached hydrogens (tertiary/aromatic N) is 2. The van der Waals surface area contributed by atoms with Gasteiger partial charge in [0.1, 0.15) is 0 Å². The lowest BCUT2D eigenvalue weighted by molar-refractivity contribution is 0.0606. The lowest BCUT2D eigenvalue weighted by atomic mass is 10.2. The van der Waals surface area contributed by atoms with Crippen molar-refractivity contribution in [2.24, 2.45) is 0 Å². The van der Waals surface area contributed by atoms with Crippen molar-refractivity contribution in [2.75, 3.05) is 12.4 Å². The second-order valence-corrected chi connectivity index (χ2v) is 5.52. The fourth-order valence-corrected chi connectivity index (χ4v) is 2.97. The third-order valence-electron chi connectivity index (χ3n) is 2.81. The highest BCUT2D eigenvalue weighted by Gasteiger charge is 2.17. The molecule has 1 N–H and O–H groups in total. The molecule has 2 heterocycles. The Morgan fingerprint density at radius 1 is 1.38 bits per heavy atom. The normalized spacial score (nSPS) is 10.6. The number of carbonyl (C=O) groups excluding carboxylic acids is 1. The number of carbonyl (C=O) groups is 1. The van der Waals surface area contributed by atoms with Gasteiger partial charge < -0.3 is 10.1 Å². The average molecular weight is 320 g/mol. The molecule has 0 atom stereocenters. The predicted molar refractivity (Wildman–Crippen MR) is 83.5 cm³/mol. The van der Waals surface area contributed by atoms with Crippen molar-refractivity contribution in [3.05, 3.63) is 46.6 Å². The van der Waals surface area contributed by atoms with Crippen molar-refractivity contribution in [3.63, 3.8) is 0 Å². The number of rotatable bonds is 3. The van der Waals surface area contributed by atoms with Crippen LogP contribution in [0.25, 0.3) is 10.9 Å². The summed E-state index contributed by atoms with van der Waals surface area (Å²) in [5.41, 5.74) is 1.76. The third-order valence-corrected chi connectivity index (χ3v) is 4.15. The largest absolute Gasteiger partial charge is 0.465 e. The monoisotopic (exact) mass is 319 g/mol. The Morgan fingerprint density at radius 2 is 2.24 bits per heavy atom. The molecule has 1 aromatic carbocycles. The van der Waals surface area contributed by atoms with Crippen molar-refractivity contribution in [2.45, 2.75) is 0 Å². The molecule has 3 rings (SSSR count). The standard InChI is InChI=1S/C14H10ClN3O2S/c1-20-13(19)11-12(15)18-14(21-11)17-9-4-5-10-8(7-9)3-2-6-16-10/h2-7H,1H3,(H,17,18). The van der Waals surface area contributed by atoms with E-state index in [1.807, 2.05) is 30.3 Å². The van der Waals surface area contributed by atoms with Crippen LogP contribution in [0.4, 0.5) is 10.8 Å². The van der Waals surface area contributed by atoms with E-state index >= 15 is 0 Å². The Bertz CT molecular complexity index is 819. The quantitative estimate of drug-likeness (QED) is 0.742. The molecule has 2 aromatic heterocycles. The highest BCUT2D eigenvalue weighted by Crippen LogP contribution is 2.30. The fourth-order valence-electron chi connectivity index (χ4n) is 1.85. The van der Waals surface area contributed by atoms with E-state index in [2.05, 4.69) is 20.0 Å². The summed E-state index contributed by atoms with van der Waals surface area (Å²) in [5, 5.41) is 4.80. The van der Waals surface area contributed by atoms with Gasteiger partial charge in [-0.1, -0.05) is 29.0 Å². The summed E-state index contributed by atoms with van der Waals surface area (Å²) in [7, 11) is 1.31. The zero-order chi connectivity index (χ0) is 14.8. The molecule has 5 nitrogen and oxygen atoms in total. The van der Waals surface area contributed by atoms with Gasteiger partial charge in [0.25, 0.3) is 0 Å². The number of thiazole rings is 1. The zero-order valence-corrected chi connectivity index (χ0v) is 12.5. The van der Waals surface area contributed by atoms with Crippen molar-refractivity contribution < 1.29 is 9.53 Å². The summed E-state index contributed by atoms with van der Waals surface area (Å²) >= 11 is 7.08. The van der Waals surface area contributed by atoms with Crippen molar-refractivity contribution in [3.8, 4) is 0 Å². The van der Waals surface area contributed by atoms with Crippen molar-refractivity contribution >= 4 is 50.6 Å². The van der Waals surface area contributed by atoms with Gasteiger partial charge in [0.2, 0.25) is 0 Å². The van der Waals surface area contributed by atoms with Crippen LogP contribution >= 0.6 is 22.9 Å². The van der Waals surface area contributed by atoms with Gasteiger partial charge in [-0.05, 0) is 24.3 Å². The number of halogens is 1. The minimum Gasteiger partial charge on any atom is -0.465 e. The van der Waals surface area contributed by atoms with E-state index in [0.717, 1.165) is 27.9 Å². The molecular formula is C14H10ClN3O2S. The maximum absolute atomic E-state index is 11.5. The molecule has 0 saturated heterocycles. The number of aromatic nitrogens is 2. The molecule has 7 heteroatoms. The van der Waals surface area contributed by atoms with E-state index in [-0.39, 0.29) is 10.0 Å². The van der Waals surface area contributed by atoms with Crippen LogP contribution in [0.5, 0.6) is 0 Å². The molecule has 0 fully saturated rings. The molecule has 3 aromatic rings. The van der Waals surface area contributed by atoms with Gasteiger partial charge in [-0.3, -0.25) is 4.98 Å². The molecule has 0 radical (unpaired) electrons. The first-order valence-corrected chi connectivity index (χ1v) is 7.23. The van der Waals surface area contributed by atoms with Gasteiger partial charge in [0.15, 0.2) is 15.2 Å². The molecule has 21 heavy (non-hydrogen) atoms. The second kappa shape index (κ2) is 5.67. The molecule has 0 aliphatic rings. The predicted octanol–water partition coefficient (Wildman–Crippen LogP) is 3.87. The first-order chi connectivity index (χ1) is 10.2. The van der Waals surface area contributed by atoms with Gasteiger partial charge >= 0.3 is 5.97 Å². The number of benzene rings is 1. The van der Waals surface area contributed by atoms with Crippen molar-refractivity contribution in [1.82, 2.24) is 9.97 Å². The van der Waals surface area contributed by atoms with Crippen LogP contribution in [0.1, 0.15) is 9.67 Å². The summed E-state index contributed by atoms with van der Waals surface area (Å²) in [4.78, 5) is 20.2. The van der Waals surface area contributed by atoms with Gasteiger partial charge in [0.05, 0.1) is 12.6 Å². The third kappa shape index (κ3) is 2.81. The number of anilines is 2. The average Bonchev–Trinajstić information content (AvgIpc) is 2.87. The zero-order valence-electron chi connectivity index (χ0n) is 11.0. The Kier molecular flexibility index (Phi) is 3.72. The van der Waals surface area contributed by atoms with E-state index in [1.54, 1.807) is 6.20 Å². The highest BCUT2D eigenvalue weighted by atomic mass is 35.5. The molecular weight excluding hydrogens is 310 g/mol. The number of ether oxygens (including phenoxy) is 1. The molecule has 0 aliphatic carbocycles.